The molecule has 1 saturated heterocycles. The monoisotopic (exact) mass is 282 g/mol. The van der Waals surface area contributed by atoms with Crippen LogP contribution in [0.15, 0.2) is 16.5 Å². The van der Waals surface area contributed by atoms with Gasteiger partial charge in [-0.2, -0.15) is 0 Å². The quantitative estimate of drug-likeness (QED) is 0.812. The number of carbonyl (C=O) groups excluding carboxylic acids is 1. The molecule has 2 heterocycles. The number of hydrogen-bond donors (Lipinski definition) is 2. The number of piperidine rings is 1. The van der Waals surface area contributed by atoms with Gasteiger partial charge in [0.25, 0.3) is 5.91 Å². The van der Waals surface area contributed by atoms with Crippen molar-refractivity contribution in [1.82, 2.24) is 4.90 Å². The summed E-state index contributed by atoms with van der Waals surface area (Å²) in [6.45, 7) is 1.03. The minimum absolute atomic E-state index is 0.105. The Morgan fingerprint density at radius 1 is 1.40 bits per heavy atom. The minimum Gasteiger partial charge on any atom is -0.480 e. The second-order valence-corrected chi connectivity index (χ2v) is 4.67. The molecule has 0 radical (unpaired) electrons. The van der Waals surface area contributed by atoms with Crippen molar-refractivity contribution in [1.29, 1.82) is 0 Å². The highest BCUT2D eigenvalue weighted by Crippen LogP contribution is 2.17. The number of carboxylic acids is 1. The highest BCUT2D eigenvalue weighted by Gasteiger charge is 2.26. The molecule has 1 amide bonds. The van der Waals surface area contributed by atoms with Gasteiger partial charge in [0.15, 0.2) is 5.76 Å². The van der Waals surface area contributed by atoms with Crippen LogP contribution in [0, 0.1) is 0 Å². The molecular weight excluding hydrogens is 264 g/mol. The van der Waals surface area contributed by atoms with E-state index in [9.17, 15) is 9.59 Å². The first-order valence-corrected chi connectivity index (χ1v) is 6.51. The van der Waals surface area contributed by atoms with Crippen LogP contribution in [0.2, 0.25) is 0 Å². The normalized spacial score (nSPS) is 16.4. The first-order chi connectivity index (χ1) is 9.60. The Bertz CT molecular complexity index is 477. The largest absolute Gasteiger partial charge is 0.480 e. The maximum atomic E-state index is 12.2. The Balaban J connectivity index is 1.84. The molecule has 2 rings (SSSR count). The van der Waals surface area contributed by atoms with Crippen molar-refractivity contribution in [3.63, 3.8) is 0 Å². The van der Waals surface area contributed by atoms with E-state index in [0.29, 0.717) is 31.7 Å². The summed E-state index contributed by atoms with van der Waals surface area (Å²) in [6, 6.07) is 3.31. The van der Waals surface area contributed by atoms with Gasteiger partial charge in [-0.15, -0.1) is 0 Å². The van der Waals surface area contributed by atoms with Crippen molar-refractivity contribution >= 4 is 11.9 Å². The number of amides is 1. The molecule has 1 aliphatic rings. The molecule has 1 aliphatic heterocycles. The van der Waals surface area contributed by atoms with Gasteiger partial charge in [-0.1, -0.05) is 0 Å². The highest BCUT2D eigenvalue weighted by molar-refractivity contribution is 5.91. The number of nitrogens with two attached hydrogens (primary N) is 1. The number of nitrogens with zero attached hydrogens (tertiary/aromatic N) is 1. The summed E-state index contributed by atoms with van der Waals surface area (Å²) < 4.78 is 10.6. The number of hydrogen-bond acceptors (Lipinski definition) is 5. The van der Waals surface area contributed by atoms with E-state index in [1.165, 1.54) is 0 Å². The van der Waals surface area contributed by atoms with E-state index in [1.807, 2.05) is 0 Å². The number of aliphatic carboxylic acids is 1. The summed E-state index contributed by atoms with van der Waals surface area (Å²) >= 11 is 0. The van der Waals surface area contributed by atoms with Crippen LogP contribution in [0.25, 0.3) is 0 Å². The predicted molar refractivity (Wildman–Crippen MR) is 69.1 cm³/mol. The number of carboxylic acid groups (broad SMARTS) is 1. The van der Waals surface area contributed by atoms with Crippen molar-refractivity contribution in [3.8, 4) is 0 Å². The molecule has 0 aliphatic carbocycles. The Morgan fingerprint density at radius 3 is 2.65 bits per heavy atom. The summed E-state index contributed by atoms with van der Waals surface area (Å²) in [5, 5.41) is 8.55. The van der Waals surface area contributed by atoms with Crippen molar-refractivity contribution in [3.05, 3.63) is 23.7 Å². The van der Waals surface area contributed by atoms with Gasteiger partial charge in [0.1, 0.15) is 12.4 Å². The van der Waals surface area contributed by atoms with E-state index in [2.05, 4.69) is 0 Å². The van der Waals surface area contributed by atoms with Crippen LogP contribution in [-0.4, -0.2) is 47.7 Å². The van der Waals surface area contributed by atoms with Crippen LogP contribution in [-0.2, 0) is 16.1 Å². The fourth-order valence-electron chi connectivity index (χ4n) is 2.17. The molecule has 7 heteroatoms. The van der Waals surface area contributed by atoms with Crippen LogP contribution in [0.5, 0.6) is 0 Å². The molecule has 1 aromatic rings. The van der Waals surface area contributed by atoms with E-state index in [1.54, 1.807) is 17.0 Å². The summed E-state index contributed by atoms with van der Waals surface area (Å²) in [7, 11) is 0. The zero-order valence-electron chi connectivity index (χ0n) is 11.1. The van der Waals surface area contributed by atoms with Gasteiger partial charge in [-0.05, 0) is 25.0 Å². The lowest BCUT2D eigenvalue weighted by Crippen LogP contribution is -2.41. The molecule has 1 aromatic heterocycles. The predicted octanol–water partition coefficient (Wildman–Crippen LogP) is 0.444. The average molecular weight is 282 g/mol. The summed E-state index contributed by atoms with van der Waals surface area (Å²) in [5.74, 6) is -0.279. The first kappa shape index (κ1) is 14.5. The van der Waals surface area contributed by atoms with Crippen molar-refractivity contribution in [2.45, 2.75) is 25.5 Å². The Labute approximate surface area is 116 Å². The summed E-state index contributed by atoms with van der Waals surface area (Å²) in [6.07, 6.45) is 1.15. The summed E-state index contributed by atoms with van der Waals surface area (Å²) in [4.78, 5) is 24.3. The van der Waals surface area contributed by atoms with Gasteiger partial charge in [0.05, 0.1) is 12.6 Å². The molecule has 0 unspecified atom stereocenters. The number of furan rings is 1. The van der Waals surface area contributed by atoms with Gasteiger partial charge >= 0.3 is 5.97 Å². The molecule has 3 N–H and O–H groups in total. The molecule has 1 fully saturated rings. The van der Waals surface area contributed by atoms with Gasteiger partial charge in [-0.25, -0.2) is 4.79 Å². The standard InChI is InChI=1S/C13H18N2O5/c14-7-10-1-2-11(20-10)13(18)15-5-3-9(4-6-15)19-8-12(16)17/h1-2,9H,3-8,14H2,(H,16,17). The molecule has 20 heavy (non-hydrogen) atoms. The Kier molecular flexibility index (Phi) is 4.75. The fourth-order valence-corrected chi connectivity index (χ4v) is 2.17. The van der Waals surface area contributed by atoms with Crippen LogP contribution >= 0.6 is 0 Å². The SMILES string of the molecule is NCc1ccc(C(=O)N2CCC(OCC(=O)O)CC2)o1. The molecule has 7 nitrogen and oxygen atoms in total. The summed E-state index contributed by atoms with van der Waals surface area (Å²) in [5.41, 5.74) is 5.43. The van der Waals surface area contributed by atoms with Crippen molar-refractivity contribution in [2.24, 2.45) is 5.73 Å². The molecule has 0 bridgehead atoms. The second-order valence-electron chi connectivity index (χ2n) is 4.67. The lowest BCUT2D eigenvalue weighted by Gasteiger charge is -2.31. The molecule has 0 spiro atoms. The van der Waals surface area contributed by atoms with Crippen LogP contribution in [0.3, 0.4) is 0 Å². The maximum Gasteiger partial charge on any atom is 0.329 e. The highest BCUT2D eigenvalue weighted by atomic mass is 16.5. The topological polar surface area (TPSA) is 106 Å². The first-order valence-electron chi connectivity index (χ1n) is 6.51. The van der Waals surface area contributed by atoms with E-state index < -0.39 is 5.97 Å². The molecule has 0 aromatic carbocycles. The number of rotatable bonds is 5. The Hall–Kier alpha value is -1.86. The van der Waals surface area contributed by atoms with Crippen LogP contribution < -0.4 is 5.73 Å². The van der Waals surface area contributed by atoms with E-state index in [4.69, 9.17) is 20.0 Å². The van der Waals surface area contributed by atoms with Crippen LogP contribution in [0.1, 0.15) is 29.2 Å². The maximum absolute atomic E-state index is 12.2. The van der Waals surface area contributed by atoms with E-state index >= 15 is 0 Å². The lowest BCUT2D eigenvalue weighted by atomic mass is 10.1. The molecule has 0 saturated carbocycles. The third kappa shape index (κ3) is 3.58. The zero-order chi connectivity index (χ0) is 14.5. The lowest BCUT2D eigenvalue weighted by molar-refractivity contribution is -0.145. The van der Waals surface area contributed by atoms with Gasteiger partial charge in [0, 0.05) is 13.1 Å². The van der Waals surface area contributed by atoms with Gasteiger partial charge < -0.3 is 24.9 Å². The number of likely N-dealkylation sites (tertiary alicyclic amines) is 1. The second kappa shape index (κ2) is 6.53. The zero-order valence-corrected chi connectivity index (χ0v) is 11.1. The van der Waals surface area contributed by atoms with Crippen LogP contribution in [0.4, 0.5) is 0 Å². The molecular formula is C13H18N2O5. The molecule has 0 atom stereocenters. The van der Waals surface area contributed by atoms with Crippen molar-refractivity contribution < 1.29 is 23.8 Å². The average Bonchev–Trinajstić information content (AvgIpc) is 2.94. The third-order valence-electron chi connectivity index (χ3n) is 3.25. The Morgan fingerprint density at radius 2 is 2.10 bits per heavy atom. The van der Waals surface area contributed by atoms with E-state index in [-0.39, 0.29) is 30.9 Å². The number of ether oxygens (including phenoxy) is 1. The van der Waals surface area contributed by atoms with Crippen molar-refractivity contribution in [2.75, 3.05) is 19.7 Å². The molecule has 110 valence electrons. The smallest absolute Gasteiger partial charge is 0.329 e. The van der Waals surface area contributed by atoms with Gasteiger partial charge in [0.2, 0.25) is 0 Å². The number of carbonyl (C=O) groups is 2. The van der Waals surface area contributed by atoms with Gasteiger partial charge in [-0.3, -0.25) is 4.79 Å². The fraction of sp³-hybridized carbons (Fsp3) is 0.538. The minimum atomic E-state index is -0.978. The third-order valence-corrected chi connectivity index (χ3v) is 3.25. The van der Waals surface area contributed by atoms with E-state index in [0.717, 1.165) is 0 Å².